The molecule has 1 heterocycles. The van der Waals surface area contributed by atoms with Gasteiger partial charge in [0.05, 0.1) is 29.2 Å². The Kier molecular flexibility index (Phi) is 7.24. The van der Waals surface area contributed by atoms with E-state index in [1.807, 2.05) is 20.8 Å². The molecule has 190 valence electrons. The number of Topliss-reactive ketones (excluding diaryl/α,β-unsaturated/α-hetero) is 1. The predicted molar refractivity (Wildman–Crippen MR) is 138 cm³/mol. The van der Waals surface area contributed by atoms with Gasteiger partial charge in [0.15, 0.2) is 0 Å². The molecule has 0 bridgehead atoms. The van der Waals surface area contributed by atoms with E-state index >= 15 is 0 Å². The second-order valence-electron chi connectivity index (χ2n) is 8.64. The zero-order chi connectivity index (χ0) is 26.7. The van der Waals surface area contributed by atoms with Gasteiger partial charge in [0.25, 0.3) is 17.4 Å². The number of rotatable bonds is 8. The minimum Gasteiger partial charge on any atom is -0.507 e. The van der Waals surface area contributed by atoms with Crippen LogP contribution in [0, 0.1) is 10.1 Å². The number of nitrogens with zero attached hydrogens (tertiary/aromatic N) is 2. The van der Waals surface area contributed by atoms with Crippen molar-refractivity contribution in [3.63, 3.8) is 0 Å². The predicted octanol–water partition coefficient (Wildman–Crippen LogP) is 5.41. The summed E-state index contributed by atoms with van der Waals surface area (Å²) in [5.41, 5.74) is 0.869. The first kappa shape index (κ1) is 25.4. The number of ether oxygens (including phenoxy) is 2. The minimum atomic E-state index is -0.969. The number of hydrogen-bond donors (Lipinski definition) is 1. The highest BCUT2D eigenvalue weighted by Crippen LogP contribution is 2.43. The summed E-state index contributed by atoms with van der Waals surface area (Å²) in [5.74, 6) is -0.961. The number of anilines is 1. The van der Waals surface area contributed by atoms with Crippen molar-refractivity contribution in [2.75, 3.05) is 11.5 Å². The highest BCUT2D eigenvalue weighted by molar-refractivity contribution is 6.51. The van der Waals surface area contributed by atoms with Gasteiger partial charge in [-0.05, 0) is 74.9 Å². The number of hydrogen-bond acceptors (Lipinski definition) is 7. The highest BCUT2D eigenvalue weighted by atomic mass is 16.6. The molecule has 1 atom stereocenters. The van der Waals surface area contributed by atoms with Crippen molar-refractivity contribution < 1.29 is 29.1 Å². The van der Waals surface area contributed by atoms with Crippen LogP contribution in [-0.2, 0) is 9.59 Å². The zero-order valence-electron chi connectivity index (χ0n) is 20.6. The van der Waals surface area contributed by atoms with Crippen LogP contribution in [0.2, 0.25) is 0 Å². The van der Waals surface area contributed by atoms with Gasteiger partial charge in [-0.15, -0.1) is 0 Å². The number of non-ortho nitro benzene ring substituents is 1. The van der Waals surface area contributed by atoms with Gasteiger partial charge in [-0.25, -0.2) is 0 Å². The molecule has 1 saturated heterocycles. The average molecular weight is 503 g/mol. The van der Waals surface area contributed by atoms with Gasteiger partial charge >= 0.3 is 0 Å². The molecular weight excluding hydrogens is 476 g/mol. The Hall–Kier alpha value is -4.66. The van der Waals surface area contributed by atoms with Gasteiger partial charge in [0, 0.05) is 23.4 Å². The van der Waals surface area contributed by atoms with Crippen molar-refractivity contribution in [3.8, 4) is 11.5 Å². The number of nitro benzene ring substituents is 1. The van der Waals surface area contributed by atoms with E-state index < -0.39 is 28.4 Å². The molecule has 37 heavy (non-hydrogen) atoms. The molecular formula is C28H26N2O7. The normalized spacial score (nSPS) is 16.8. The van der Waals surface area contributed by atoms with Crippen molar-refractivity contribution in [2.45, 2.75) is 32.9 Å². The van der Waals surface area contributed by atoms with Crippen LogP contribution in [0.1, 0.15) is 37.9 Å². The maximum Gasteiger partial charge on any atom is 0.300 e. The van der Waals surface area contributed by atoms with Crippen LogP contribution in [0.15, 0.2) is 78.4 Å². The van der Waals surface area contributed by atoms with Gasteiger partial charge in [-0.3, -0.25) is 24.6 Å². The maximum atomic E-state index is 13.3. The summed E-state index contributed by atoms with van der Waals surface area (Å²) in [4.78, 5) is 38.5. The first-order valence-electron chi connectivity index (χ1n) is 11.8. The van der Waals surface area contributed by atoms with E-state index in [-0.39, 0.29) is 22.9 Å². The fraction of sp³-hybridized carbons (Fsp3) is 0.214. The van der Waals surface area contributed by atoms with E-state index in [1.54, 1.807) is 48.5 Å². The quantitative estimate of drug-likeness (QED) is 0.144. The fourth-order valence-corrected chi connectivity index (χ4v) is 4.21. The van der Waals surface area contributed by atoms with Gasteiger partial charge in [0.1, 0.15) is 17.3 Å². The maximum absolute atomic E-state index is 13.3. The molecule has 3 aromatic carbocycles. The first-order chi connectivity index (χ1) is 17.7. The van der Waals surface area contributed by atoms with E-state index in [0.29, 0.717) is 29.4 Å². The second-order valence-corrected chi connectivity index (χ2v) is 8.64. The van der Waals surface area contributed by atoms with E-state index in [2.05, 4.69) is 0 Å². The molecule has 0 aromatic heterocycles. The molecule has 9 heteroatoms. The van der Waals surface area contributed by atoms with Crippen LogP contribution in [0.4, 0.5) is 11.4 Å². The van der Waals surface area contributed by atoms with E-state index in [9.17, 15) is 24.8 Å². The Balaban J connectivity index is 1.88. The Morgan fingerprint density at radius 2 is 1.70 bits per heavy atom. The summed E-state index contributed by atoms with van der Waals surface area (Å²) in [6.45, 7) is 6.10. The lowest BCUT2D eigenvalue weighted by Gasteiger charge is -2.26. The van der Waals surface area contributed by atoms with Crippen molar-refractivity contribution in [3.05, 3.63) is 99.6 Å². The van der Waals surface area contributed by atoms with Gasteiger partial charge in [-0.2, -0.15) is 0 Å². The number of aliphatic hydroxyl groups excluding tert-OH is 1. The van der Waals surface area contributed by atoms with Crippen molar-refractivity contribution >= 4 is 28.8 Å². The smallest absolute Gasteiger partial charge is 0.300 e. The Bertz CT molecular complexity index is 1360. The lowest BCUT2D eigenvalue weighted by molar-refractivity contribution is -0.384. The Morgan fingerprint density at radius 1 is 1.03 bits per heavy atom. The van der Waals surface area contributed by atoms with Gasteiger partial charge in [0.2, 0.25) is 0 Å². The first-order valence-corrected chi connectivity index (χ1v) is 11.8. The number of carbonyl (C=O) groups excluding carboxylic acids is 2. The van der Waals surface area contributed by atoms with Crippen LogP contribution in [-0.4, -0.2) is 34.4 Å². The van der Waals surface area contributed by atoms with Crippen molar-refractivity contribution in [1.29, 1.82) is 0 Å². The number of nitro groups is 1. The van der Waals surface area contributed by atoms with E-state index in [1.165, 1.54) is 29.2 Å². The van der Waals surface area contributed by atoms with Crippen LogP contribution in [0.25, 0.3) is 5.76 Å². The number of carbonyl (C=O) groups is 2. The molecule has 0 aliphatic carbocycles. The topological polar surface area (TPSA) is 119 Å². The molecule has 1 amide bonds. The molecule has 1 unspecified atom stereocenters. The monoisotopic (exact) mass is 502 g/mol. The Morgan fingerprint density at radius 3 is 2.30 bits per heavy atom. The molecule has 0 radical (unpaired) electrons. The molecule has 4 rings (SSSR count). The largest absolute Gasteiger partial charge is 0.507 e. The standard InChI is InChI=1S/C28H26N2O7/c1-4-36-22-14-12-20(13-15-22)29-25(19-6-5-7-23(16-19)37-17(2)3)24(27(32)28(29)33)26(31)18-8-10-21(11-9-18)30(34)35/h5-17,25,31H,4H2,1-3H3/b26-24+. The van der Waals surface area contributed by atoms with Crippen LogP contribution < -0.4 is 14.4 Å². The number of aliphatic hydroxyl groups is 1. The fourth-order valence-electron chi connectivity index (χ4n) is 4.21. The van der Waals surface area contributed by atoms with Crippen LogP contribution in [0.5, 0.6) is 11.5 Å². The summed E-state index contributed by atoms with van der Waals surface area (Å²) in [5, 5.41) is 22.3. The highest BCUT2D eigenvalue weighted by Gasteiger charge is 2.47. The number of amides is 1. The minimum absolute atomic E-state index is 0.104. The molecule has 9 nitrogen and oxygen atoms in total. The number of benzene rings is 3. The zero-order valence-corrected chi connectivity index (χ0v) is 20.6. The summed E-state index contributed by atoms with van der Waals surface area (Å²) in [7, 11) is 0. The summed E-state index contributed by atoms with van der Waals surface area (Å²) in [6, 6.07) is 17.9. The second kappa shape index (κ2) is 10.5. The van der Waals surface area contributed by atoms with Gasteiger partial charge < -0.3 is 14.6 Å². The third kappa shape index (κ3) is 5.16. The Labute approximate surface area is 213 Å². The van der Waals surface area contributed by atoms with Gasteiger partial charge in [-0.1, -0.05) is 12.1 Å². The van der Waals surface area contributed by atoms with Crippen LogP contribution >= 0.6 is 0 Å². The van der Waals surface area contributed by atoms with E-state index in [0.717, 1.165) is 0 Å². The molecule has 1 aliphatic rings. The van der Waals surface area contributed by atoms with E-state index in [4.69, 9.17) is 9.47 Å². The SMILES string of the molecule is CCOc1ccc(N2C(=O)C(=O)/C(=C(/O)c3ccc([N+](=O)[O-])cc3)C2c2cccc(OC(C)C)c2)cc1. The third-order valence-electron chi connectivity index (χ3n) is 5.77. The van der Waals surface area contributed by atoms with Crippen LogP contribution in [0.3, 0.4) is 0 Å². The average Bonchev–Trinajstić information content (AvgIpc) is 3.14. The summed E-state index contributed by atoms with van der Waals surface area (Å²) in [6.07, 6.45) is -0.104. The molecule has 1 fully saturated rings. The number of ketones is 1. The third-order valence-corrected chi connectivity index (χ3v) is 5.77. The molecule has 0 spiro atoms. The molecule has 3 aromatic rings. The van der Waals surface area contributed by atoms with Crippen molar-refractivity contribution in [2.24, 2.45) is 0 Å². The lowest BCUT2D eigenvalue weighted by Crippen LogP contribution is -2.29. The molecule has 1 N–H and O–H groups in total. The van der Waals surface area contributed by atoms with Crippen molar-refractivity contribution in [1.82, 2.24) is 0 Å². The summed E-state index contributed by atoms with van der Waals surface area (Å²) >= 11 is 0. The lowest BCUT2D eigenvalue weighted by atomic mass is 9.95. The molecule has 0 saturated carbocycles. The molecule has 1 aliphatic heterocycles. The summed E-state index contributed by atoms with van der Waals surface area (Å²) < 4.78 is 11.3.